The summed E-state index contributed by atoms with van der Waals surface area (Å²) in [6.07, 6.45) is 1.55. The van der Waals surface area contributed by atoms with Gasteiger partial charge in [0.1, 0.15) is 0 Å². The minimum absolute atomic E-state index is 0.0415. The molecule has 3 aliphatic rings. The Labute approximate surface area is 235 Å². The molecule has 1 N–H and O–H groups in total. The lowest BCUT2D eigenvalue weighted by atomic mass is 9.94. The Kier molecular flexibility index (Phi) is 6.84. The summed E-state index contributed by atoms with van der Waals surface area (Å²) in [5, 5.41) is 3.12. The van der Waals surface area contributed by atoms with Gasteiger partial charge in [-0.3, -0.25) is 9.69 Å². The summed E-state index contributed by atoms with van der Waals surface area (Å²) in [6.45, 7) is 8.95. The lowest BCUT2D eigenvalue weighted by Gasteiger charge is -2.36. The highest BCUT2D eigenvalue weighted by atomic mass is 32.2. The van der Waals surface area contributed by atoms with E-state index in [1.165, 1.54) is 0 Å². The summed E-state index contributed by atoms with van der Waals surface area (Å²) in [7, 11) is -3.55. The Morgan fingerprint density at radius 1 is 0.900 bits per heavy atom. The molecule has 0 atom stereocenters. The maximum atomic E-state index is 13.4. The van der Waals surface area contributed by atoms with Crippen molar-refractivity contribution in [2.24, 2.45) is 0 Å². The molecule has 2 aliphatic heterocycles. The summed E-state index contributed by atoms with van der Waals surface area (Å²) in [4.78, 5) is 16.0. The molecule has 3 aromatic rings. The second kappa shape index (κ2) is 10.2. The molecule has 1 amide bonds. The number of carbonyl (C=O) groups is 1. The minimum atomic E-state index is -3.55. The molecular weight excluding hydrogens is 526 g/mol. The van der Waals surface area contributed by atoms with Gasteiger partial charge in [0, 0.05) is 37.9 Å². The molecule has 0 radical (unpaired) electrons. The van der Waals surface area contributed by atoms with Gasteiger partial charge in [-0.05, 0) is 92.3 Å². The van der Waals surface area contributed by atoms with Crippen molar-refractivity contribution in [2.45, 2.75) is 50.0 Å². The quantitative estimate of drug-likeness (QED) is 0.447. The van der Waals surface area contributed by atoms with Crippen LogP contribution in [-0.2, 0) is 20.2 Å². The van der Waals surface area contributed by atoms with Crippen molar-refractivity contribution in [1.82, 2.24) is 9.21 Å². The fourth-order valence-corrected chi connectivity index (χ4v) is 7.07. The second-order valence-corrected chi connectivity index (χ2v) is 13.1. The summed E-state index contributed by atoms with van der Waals surface area (Å²) in [5.74, 6) is 1.34. The number of hydrogen-bond acceptors (Lipinski definition) is 6. The largest absolute Gasteiger partial charge is 0.454 e. The Balaban J connectivity index is 1.18. The van der Waals surface area contributed by atoms with Gasteiger partial charge in [0.25, 0.3) is 0 Å². The minimum Gasteiger partial charge on any atom is -0.454 e. The number of hydrogen-bond donors (Lipinski definition) is 1. The molecule has 0 unspecified atom stereocenters. The molecule has 0 aromatic heterocycles. The van der Waals surface area contributed by atoms with Gasteiger partial charge in [-0.2, -0.15) is 4.31 Å². The molecule has 210 valence electrons. The monoisotopic (exact) mass is 561 g/mol. The molecule has 1 aliphatic carbocycles. The fraction of sp³-hybridized carbons (Fsp3) is 0.387. The van der Waals surface area contributed by atoms with E-state index in [4.69, 9.17) is 9.47 Å². The lowest BCUT2D eigenvalue weighted by molar-refractivity contribution is -0.118. The number of benzene rings is 3. The maximum absolute atomic E-state index is 13.4. The van der Waals surface area contributed by atoms with Crippen LogP contribution in [-0.4, -0.2) is 62.5 Å². The number of nitrogens with one attached hydrogen (secondary N) is 1. The van der Waals surface area contributed by atoms with Crippen LogP contribution in [0.5, 0.6) is 11.5 Å². The van der Waals surface area contributed by atoms with Crippen LogP contribution in [0.2, 0.25) is 0 Å². The Hall–Kier alpha value is -3.40. The van der Waals surface area contributed by atoms with Crippen molar-refractivity contribution in [3.05, 3.63) is 71.8 Å². The number of piperazine rings is 1. The maximum Gasteiger partial charge on any atom is 0.243 e. The molecule has 6 rings (SSSR count). The van der Waals surface area contributed by atoms with E-state index in [0.29, 0.717) is 41.2 Å². The number of ether oxygens (including phenoxy) is 2. The van der Waals surface area contributed by atoms with Crippen molar-refractivity contribution >= 4 is 21.6 Å². The van der Waals surface area contributed by atoms with E-state index in [1.54, 1.807) is 16.4 Å². The first-order valence-electron chi connectivity index (χ1n) is 13.8. The van der Waals surface area contributed by atoms with Crippen LogP contribution in [0.1, 0.15) is 37.8 Å². The molecule has 2 heterocycles. The van der Waals surface area contributed by atoms with Gasteiger partial charge in [-0.1, -0.05) is 24.3 Å². The zero-order valence-electron chi connectivity index (χ0n) is 23.1. The number of amides is 1. The van der Waals surface area contributed by atoms with Gasteiger partial charge in [-0.25, -0.2) is 8.42 Å². The van der Waals surface area contributed by atoms with E-state index in [9.17, 15) is 13.2 Å². The van der Waals surface area contributed by atoms with Crippen molar-refractivity contribution < 1.29 is 22.7 Å². The number of rotatable bonds is 7. The standard InChI is InChI=1S/C31H35N3O5S/c1-21(2)33-14-16-34(17-15-33)40(36,37)26-9-5-23(6-10-26)27-19-25(8-4-22(27)3)32-30(35)31(12-13-31)24-7-11-28-29(18-24)39-20-38-28/h4-11,18-19,21H,12-17,20H2,1-3H3,(H,32,35). The molecular formula is C31H35N3O5S. The van der Waals surface area contributed by atoms with Gasteiger partial charge in [-0.15, -0.1) is 0 Å². The van der Waals surface area contributed by atoms with Gasteiger partial charge in [0.15, 0.2) is 11.5 Å². The van der Waals surface area contributed by atoms with Gasteiger partial charge >= 0.3 is 0 Å². The normalized spacial score (nSPS) is 18.6. The summed E-state index contributed by atoms with van der Waals surface area (Å²) in [5.41, 5.74) is 3.95. The van der Waals surface area contributed by atoms with Crippen LogP contribution in [0.3, 0.4) is 0 Å². The van der Waals surface area contributed by atoms with Crippen molar-refractivity contribution in [1.29, 1.82) is 0 Å². The molecule has 3 aromatic carbocycles. The number of aryl methyl sites for hydroxylation is 1. The van der Waals surface area contributed by atoms with Crippen LogP contribution >= 0.6 is 0 Å². The number of nitrogens with zero attached hydrogens (tertiary/aromatic N) is 2. The molecule has 8 nitrogen and oxygen atoms in total. The molecule has 0 spiro atoms. The molecule has 0 bridgehead atoms. The molecule has 1 saturated heterocycles. The fourth-order valence-electron chi connectivity index (χ4n) is 5.64. The van der Waals surface area contributed by atoms with Gasteiger partial charge in [0.05, 0.1) is 10.3 Å². The van der Waals surface area contributed by atoms with Crippen LogP contribution in [0.4, 0.5) is 5.69 Å². The number of sulfonamides is 1. The zero-order valence-corrected chi connectivity index (χ0v) is 24.0. The summed E-state index contributed by atoms with van der Waals surface area (Å²) < 4.78 is 39.1. The number of carbonyl (C=O) groups excluding carboxylic acids is 1. The van der Waals surface area contributed by atoms with E-state index < -0.39 is 15.4 Å². The van der Waals surface area contributed by atoms with E-state index in [1.807, 2.05) is 55.5 Å². The third-order valence-corrected chi connectivity index (χ3v) is 10.3. The molecule has 9 heteroatoms. The zero-order chi connectivity index (χ0) is 28.1. The predicted octanol–water partition coefficient (Wildman–Crippen LogP) is 4.78. The van der Waals surface area contributed by atoms with E-state index in [-0.39, 0.29) is 12.7 Å². The van der Waals surface area contributed by atoms with Crippen LogP contribution in [0, 0.1) is 6.92 Å². The van der Waals surface area contributed by atoms with Gasteiger partial charge < -0.3 is 14.8 Å². The van der Waals surface area contributed by atoms with Crippen LogP contribution < -0.4 is 14.8 Å². The predicted molar refractivity (Wildman–Crippen MR) is 154 cm³/mol. The second-order valence-electron chi connectivity index (χ2n) is 11.2. The molecule has 2 fully saturated rings. The SMILES string of the molecule is Cc1ccc(NC(=O)C2(c3ccc4c(c3)OCO4)CC2)cc1-c1ccc(S(=O)(=O)N2CCN(C(C)C)CC2)cc1. The smallest absolute Gasteiger partial charge is 0.243 e. The van der Waals surface area contributed by atoms with E-state index in [2.05, 4.69) is 24.1 Å². The average Bonchev–Trinajstić information content (AvgIpc) is 3.64. The third-order valence-electron chi connectivity index (χ3n) is 8.41. The Bertz CT molecular complexity index is 1540. The Morgan fingerprint density at radius 3 is 2.27 bits per heavy atom. The third kappa shape index (κ3) is 4.87. The van der Waals surface area contributed by atoms with E-state index >= 15 is 0 Å². The van der Waals surface area contributed by atoms with Crippen molar-refractivity contribution in [2.75, 3.05) is 38.3 Å². The first-order valence-corrected chi connectivity index (χ1v) is 15.3. The summed E-state index contributed by atoms with van der Waals surface area (Å²) in [6, 6.07) is 19.0. The van der Waals surface area contributed by atoms with Crippen LogP contribution in [0.15, 0.2) is 65.6 Å². The van der Waals surface area contributed by atoms with Crippen molar-refractivity contribution in [3.63, 3.8) is 0 Å². The van der Waals surface area contributed by atoms with E-state index in [0.717, 1.165) is 48.2 Å². The first kappa shape index (κ1) is 26.8. The highest BCUT2D eigenvalue weighted by Gasteiger charge is 2.51. The lowest BCUT2D eigenvalue weighted by Crippen LogP contribution is -2.50. The Morgan fingerprint density at radius 2 is 1.60 bits per heavy atom. The molecule has 1 saturated carbocycles. The van der Waals surface area contributed by atoms with Gasteiger partial charge in [0.2, 0.25) is 22.7 Å². The number of anilines is 1. The summed E-state index contributed by atoms with van der Waals surface area (Å²) >= 11 is 0. The highest BCUT2D eigenvalue weighted by molar-refractivity contribution is 7.89. The van der Waals surface area contributed by atoms with Crippen LogP contribution in [0.25, 0.3) is 11.1 Å². The number of fused-ring (bicyclic) bond motifs is 1. The topological polar surface area (TPSA) is 88.2 Å². The molecule has 40 heavy (non-hydrogen) atoms. The first-order chi connectivity index (χ1) is 19.2. The van der Waals surface area contributed by atoms with Crippen molar-refractivity contribution in [3.8, 4) is 22.6 Å². The average molecular weight is 562 g/mol. The highest BCUT2D eigenvalue weighted by Crippen LogP contribution is 2.51.